The highest BCUT2D eigenvalue weighted by Crippen LogP contribution is 2.34. The second-order valence-electron chi connectivity index (χ2n) is 8.72. The summed E-state index contributed by atoms with van der Waals surface area (Å²) in [6.45, 7) is 1.82. The largest absolute Gasteiger partial charge is 0.491 e. The van der Waals surface area contributed by atoms with Gasteiger partial charge in [0, 0.05) is 30.6 Å². The van der Waals surface area contributed by atoms with Crippen LogP contribution in [0.4, 0.5) is 4.39 Å². The molecular weight excluding hydrogens is 487 g/mol. The van der Waals surface area contributed by atoms with E-state index in [1.165, 1.54) is 28.3 Å². The Balaban J connectivity index is 1.34. The first-order chi connectivity index (χ1) is 17.1. The van der Waals surface area contributed by atoms with Gasteiger partial charge < -0.3 is 19.3 Å². The minimum atomic E-state index is -0.368. The average molecular weight is 515 g/mol. The summed E-state index contributed by atoms with van der Waals surface area (Å²) in [6.07, 6.45) is 2.56. The normalized spacial score (nSPS) is 19.4. The van der Waals surface area contributed by atoms with Crippen LogP contribution in [0.25, 0.3) is 0 Å². The molecular formula is C26H27FN2O4S2. The van der Waals surface area contributed by atoms with Crippen molar-refractivity contribution in [2.45, 2.75) is 31.4 Å². The van der Waals surface area contributed by atoms with Crippen molar-refractivity contribution in [2.75, 3.05) is 32.8 Å². The van der Waals surface area contributed by atoms with Crippen LogP contribution in [0.5, 0.6) is 5.75 Å². The molecule has 4 heterocycles. The van der Waals surface area contributed by atoms with Crippen LogP contribution in [0.1, 0.15) is 39.0 Å². The standard InChI is InChI=1S/C26H27FN2O4S2/c27-18-4-1-5-19(14-18)33-17-22-21-9-13-35-23(21)8-10-29(22)25(30)16-28(15-20-6-2-11-32-20)26(31)24-7-3-12-34-24/h1,3-5,7,9,12-14,20,22H,2,6,8,10-11,15-17H2/t20-,22+/m1/s1. The minimum absolute atomic E-state index is 0.0213. The summed E-state index contributed by atoms with van der Waals surface area (Å²) in [4.78, 5) is 32.2. The van der Waals surface area contributed by atoms with Crippen molar-refractivity contribution in [3.05, 3.63) is 74.4 Å². The van der Waals surface area contributed by atoms with E-state index in [2.05, 4.69) is 0 Å². The van der Waals surface area contributed by atoms with Crippen LogP contribution in [0.15, 0.2) is 53.2 Å². The summed E-state index contributed by atoms with van der Waals surface area (Å²) in [6, 6.07) is 11.4. The number of hydrogen-bond donors (Lipinski definition) is 0. The van der Waals surface area contributed by atoms with E-state index in [1.54, 1.807) is 39.3 Å². The van der Waals surface area contributed by atoms with E-state index in [4.69, 9.17) is 9.47 Å². The molecule has 0 bridgehead atoms. The van der Waals surface area contributed by atoms with Crippen LogP contribution in [-0.4, -0.2) is 60.6 Å². The highest BCUT2D eigenvalue weighted by Gasteiger charge is 2.34. The number of nitrogens with zero attached hydrogens (tertiary/aromatic N) is 2. The highest BCUT2D eigenvalue weighted by molar-refractivity contribution is 7.12. The number of amides is 2. The molecule has 2 aliphatic rings. The van der Waals surface area contributed by atoms with Crippen molar-refractivity contribution in [3.63, 3.8) is 0 Å². The van der Waals surface area contributed by atoms with Gasteiger partial charge in [-0.3, -0.25) is 9.59 Å². The first-order valence-corrected chi connectivity index (χ1v) is 13.5. The Morgan fingerprint density at radius 3 is 2.86 bits per heavy atom. The molecule has 184 valence electrons. The molecule has 2 aliphatic heterocycles. The monoisotopic (exact) mass is 514 g/mol. The van der Waals surface area contributed by atoms with Gasteiger partial charge in [0.15, 0.2) is 0 Å². The van der Waals surface area contributed by atoms with Crippen LogP contribution in [0.3, 0.4) is 0 Å². The lowest BCUT2D eigenvalue weighted by atomic mass is 10.0. The van der Waals surface area contributed by atoms with Crippen LogP contribution >= 0.6 is 22.7 Å². The van der Waals surface area contributed by atoms with Gasteiger partial charge in [0.25, 0.3) is 5.91 Å². The molecule has 0 spiro atoms. The molecule has 3 aromatic rings. The third-order valence-corrected chi connectivity index (χ3v) is 8.27. The van der Waals surface area contributed by atoms with Gasteiger partial charge in [-0.15, -0.1) is 22.7 Å². The molecule has 0 aliphatic carbocycles. The molecule has 2 atom stereocenters. The number of ether oxygens (including phenoxy) is 2. The first-order valence-electron chi connectivity index (χ1n) is 11.8. The molecule has 5 rings (SSSR count). The van der Waals surface area contributed by atoms with Gasteiger partial charge in [0.2, 0.25) is 5.91 Å². The van der Waals surface area contributed by atoms with E-state index in [1.807, 2.05) is 22.9 Å². The van der Waals surface area contributed by atoms with Crippen molar-refractivity contribution in [1.82, 2.24) is 9.80 Å². The van der Waals surface area contributed by atoms with E-state index < -0.39 is 0 Å². The summed E-state index contributed by atoms with van der Waals surface area (Å²) < 4.78 is 25.3. The molecule has 1 fully saturated rings. The Morgan fingerprint density at radius 1 is 1.17 bits per heavy atom. The van der Waals surface area contributed by atoms with Gasteiger partial charge in [0.05, 0.1) is 17.0 Å². The molecule has 9 heteroatoms. The second kappa shape index (κ2) is 10.9. The van der Waals surface area contributed by atoms with Crippen LogP contribution in [0.2, 0.25) is 0 Å². The Labute approximate surface area is 211 Å². The first kappa shape index (κ1) is 24.0. The minimum Gasteiger partial charge on any atom is -0.491 e. The number of benzene rings is 1. The Hall–Kier alpha value is -2.75. The molecule has 6 nitrogen and oxygen atoms in total. The van der Waals surface area contributed by atoms with E-state index >= 15 is 0 Å². The molecule has 1 aromatic carbocycles. The van der Waals surface area contributed by atoms with Crippen LogP contribution in [-0.2, 0) is 16.0 Å². The summed E-state index contributed by atoms with van der Waals surface area (Å²) in [5, 5.41) is 3.89. The van der Waals surface area contributed by atoms with E-state index in [9.17, 15) is 14.0 Å². The van der Waals surface area contributed by atoms with E-state index in [0.29, 0.717) is 30.3 Å². The topological polar surface area (TPSA) is 59.1 Å². The average Bonchev–Trinajstić information content (AvgIpc) is 3.64. The molecule has 1 saturated heterocycles. The van der Waals surface area contributed by atoms with Gasteiger partial charge in [-0.25, -0.2) is 4.39 Å². The molecule has 2 aromatic heterocycles. The van der Waals surface area contributed by atoms with Gasteiger partial charge in [-0.1, -0.05) is 12.1 Å². The lowest BCUT2D eigenvalue weighted by Gasteiger charge is -2.37. The molecule has 35 heavy (non-hydrogen) atoms. The molecule has 0 unspecified atom stereocenters. The summed E-state index contributed by atoms with van der Waals surface area (Å²) in [5.74, 6) is -0.220. The lowest BCUT2D eigenvalue weighted by Crippen LogP contribution is -2.49. The van der Waals surface area contributed by atoms with Gasteiger partial charge >= 0.3 is 0 Å². The smallest absolute Gasteiger partial charge is 0.264 e. The molecule has 0 radical (unpaired) electrons. The number of hydrogen-bond acceptors (Lipinski definition) is 6. The maximum atomic E-state index is 13.6. The maximum Gasteiger partial charge on any atom is 0.264 e. The zero-order valence-electron chi connectivity index (χ0n) is 19.2. The molecule has 2 amide bonds. The highest BCUT2D eigenvalue weighted by atomic mass is 32.1. The summed E-state index contributed by atoms with van der Waals surface area (Å²) >= 11 is 3.05. The fourth-order valence-electron chi connectivity index (χ4n) is 4.67. The van der Waals surface area contributed by atoms with Gasteiger partial charge in [-0.05, 0) is 59.9 Å². The van der Waals surface area contributed by atoms with Crippen molar-refractivity contribution in [2.24, 2.45) is 0 Å². The third kappa shape index (κ3) is 5.58. The number of rotatable bonds is 8. The fraction of sp³-hybridized carbons (Fsp3) is 0.385. The number of carbonyl (C=O) groups excluding carboxylic acids is 2. The Kier molecular flexibility index (Phi) is 7.46. The Bertz CT molecular complexity index is 1160. The van der Waals surface area contributed by atoms with Gasteiger partial charge in [-0.2, -0.15) is 0 Å². The molecule has 0 N–H and O–H groups in total. The van der Waals surface area contributed by atoms with Crippen LogP contribution in [0, 0.1) is 5.82 Å². The SMILES string of the molecule is O=C(c1cccs1)N(CC(=O)N1CCc2sccc2[C@@H]1COc1cccc(F)c1)C[C@H]1CCCO1. The number of carbonyl (C=O) groups is 2. The number of thiophene rings is 2. The van der Waals surface area contributed by atoms with Crippen LogP contribution < -0.4 is 4.74 Å². The van der Waals surface area contributed by atoms with Crippen molar-refractivity contribution >= 4 is 34.5 Å². The van der Waals surface area contributed by atoms with Crippen molar-refractivity contribution in [1.29, 1.82) is 0 Å². The zero-order valence-corrected chi connectivity index (χ0v) is 20.9. The predicted octanol–water partition coefficient (Wildman–Crippen LogP) is 4.77. The van der Waals surface area contributed by atoms with E-state index in [-0.39, 0.29) is 42.9 Å². The summed E-state index contributed by atoms with van der Waals surface area (Å²) in [7, 11) is 0. The number of fused-ring (bicyclic) bond motifs is 1. The lowest BCUT2D eigenvalue weighted by molar-refractivity contribution is -0.135. The summed E-state index contributed by atoms with van der Waals surface area (Å²) in [5.41, 5.74) is 1.06. The Morgan fingerprint density at radius 2 is 2.09 bits per heavy atom. The molecule has 0 saturated carbocycles. The quantitative estimate of drug-likeness (QED) is 0.434. The fourth-order valence-corrected chi connectivity index (χ4v) is 6.29. The second-order valence-corrected chi connectivity index (χ2v) is 10.7. The maximum absolute atomic E-state index is 13.6. The van der Waals surface area contributed by atoms with E-state index in [0.717, 1.165) is 24.8 Å². The van der Waals surface area contributed by atoms with Crippen molar-refractivity contribution < 1.29 is 23.5 Å². The third-order valence-electron chi connectivity index (χ3n) is 6.41. The van der Waals surface area contributed by atoms with Gasteiger partial charge in [0.1, 0.15) is 24.7 Å². The number of halogens is 1. The zero-order chi connectivity index (χ0) is 24.2. The predicted molar refractivity (Wildman–Crippen MR) is 134 cm³/mol. The van der Waals surface area contributed by atoms with Crippen molar-refractivity contribution in [3.8, 4) is 5.75 Å².